The molecule has 0 aliphatic heterocycles. The molecule has 5 nitrogen and oxygen atoms in total. The Morgan fingerprint density at radius 3 is 2.88 bits per heavy atom. The summed E-state index contributed by atoms with van der Waals surface area (Å²) in [5.41, 5.74) is 6.01. The molecular formula is C10H16N2O3S. The molecule has 0 aromatic rings. The SMILES string of the molecule is CCOC1C(N)C2CC1C(C#N)(S(=O)O)C2. The van der Waals surface area contributed by atoms with Crippen LogP contribution >= 0.6 is 0 Å². The zero-order chi connectivity index (χ0) is 11.9. The summed E-state index contributed by atoms with van der Waals surface area (Å²) in [7, 11) is 0. The minimum absolute atomic E-state index is 0.102. The van der Waals surface area contributed by atoms with Crippen molar-refractivity contribution in [2.45, 2.75) is 36.7 Å². The molecule has 6 heteroatoms. The average molecular weight is 244 g/mol. The van der Waals surface area contributed by atoms with E-state index in [1.165, 1.54) is 0 Å². The van der Waals surface area contributed by atoms with E-state index in [4.69, 9.17) is 10.5 Å². The van der Waals surface area contributed by atoms with Gasteiger partial charge in [0.15, 0.2) is 15.8 Å². The first-order valence-electron chi connectivity index (χ1n) is 5.46. The maximum Gasteiger partial charge on any atom is 0.174 e. The van der Waals surface area contributed by atoms with E-state index in [-0.39, 0.29) is 24.0 Å². The average Bonchev–Trinajstić information content (AvgIpc) is 2.77. The van der Waals surface area contributed by atoms with Crippen molar-refractivity contribution in [3.05, 3.63) is 0 Å². The third kappa shape index (κ3) is 1.43. The van der Waals surface area contributed by atoms with Crippen molar-refractivity contribution in [3.63, 3.8) is 0 Å². The van der Waals surface area contributed by atoms with Gasteiger partial charge in [-0.15, -0.1) is 0 Å². The molecule has 0 spiro atoms. The van der Waals surface area contributed by atoms with Crippen LogP contribution in [0.5, 0.6) is 0 Å². The van der Waals surface area contributed by atoms with Gasteiger partial charge in [0.1, 0.15) is 0 Å². The van der Waals surface area contributed by atoms with Crippen LogP contribution in [0, 0.1) is 23.2 Å². The largest absolute Gasteiger partial charge is 0.376 e. The number of nitrogens with two attached hydrogens (primary N) is 1. The van der Waals surface area contributed by atoms with Crippen LogP contribution in [0.25, 0.3) is 0 Å². The summed E-state index contributed by atoms with van der Waals surface area (Å²) < 4.78 is 25.1. The van der Waals surface area contributed by atoms with Crippen molar-refractivity contribution >= 4 is 11.1 Å². The molecule has 2 rings (SSSR count). The number of rotatable bonds is 3. The molecule has 2 fully saturated rings. The molecule has 2 saturated carbocycles. The predicted molar refractivity (Wildman–Crippen MR) is 58.7 cm³/mol. The monoisotopic (exact) mass is 244 g/mol. The van der Waals surface area contributed by atoms with Crippen LogP contribution < -0.4 is 5.73 Å². The summed E-state index contributed by atoms with van der Waals surface area (Å²) in [6.45, 7) is 2.38. The predicted octanol–water partition coefficient (Wildman–Crippen LogP) is 0.243. The summed E-state index contributed by atoms with van der Waals surface area (Å²) >= 11 is -2.13. The van der Waals surface area contributed by atoms with Gasteiger partial charge in [0.25, 0.3) is 0 Å². The maximum atomic E-state index is 11.4. The zero-order valence-corrected chi connectivity index (χ0v) is 9.94. The highest BCUT2D eigenvalue weighted by atomic mass is 32.2. The summed E-state index contributed by atoms with van der Waals surface area (Å²) in [6, 6.07) is 1.93. The van der Waals surface area contributed by atoms with Crippen LogP contribution in [-0.4, -0.2) is 32.3 Å². The number of fused-ring (bicyclic) bond motifs is 2. The van der Waals surface area contributed by atoms with Crippen LogP contribution in [0.3, 0.4) is 0 Å². The Labute approximate surface area is 97.2 Å². The van der Waals surface area contributed by atoms with Gasteiger partial charge >= 0.3 is 0 Å². The number of hydrogen-bond donors (Lipinski definition) is 2. The van der Waals surface area contributed by atoms with Gasteiger partial charge in [0.05, 0.1) is 12.2 Å². The summed E-state index contributed by atoms with van der Waals surface area (Å²) in [6.07, 6.45) is 0.896. The molecule has 0 aromatic heterocycles. The van der Waals surface area contributed by atoms with Crippen LogP contribution in [0.4, 0.5) is 0 Å². The third-order valence-corrected chi connectivity index (χ3v) is 5.09. The van der Waals surface area contributed by atoms with Crippen molar-refractivity contribution in [2.75, 3.05) is 6.61 Å². The molecule has 2 aliphatic carbocycles. The van der Waals surface area contributed by atoms with Gasteiger partial charge in [-0.2, -0.15) is 5.26 Å². The van der Waals surface area contributed by atoms with Crippen molar-refractivity contribution in [3.8, 4) is 6.07 Å². The van der Waals surface area contributed by atoms with Gasteiger partial charge in [-0.25, -0.2) is 4.21 Å². The Bertz CT molecular complexity index is 356. The molecule has 0 aromatic carbocycles. The Balaban J connectivity index is 2.30. The number of nitrogens with zero attached hydrogens (tertiary/aromatic N) is 1. The molecule has 16 heavy (non-hydrogen) atoms. The highest BCUT2D eigenvalue weighted by molar-refractivity contribution is 7.81. The molecule has 3 N–H and O–H groups in total. The van der Waals surface area contributed by atoms with Gasteiger partial charge in [0, 0.05) is 18.6 Å². The van der Waals surface area contributed by atoms with E-state index >= 15 is 0 Å². The lowest BCUT2D eigenvalue weighted by molar-refractivity contribution is 0.00572. The summed E-state index contributed by atoms with van der Waals surface area (Å²) in [5.74, 6) is -0.0689. The highest BCUT2D eigenvalue weighted by Crippen LogP contribution is 2.53. The van der Waals surface area contributed by atoms with Crippen molar-refractivity contribution in [1.29, 1.82) is 5.26 Å². The van der Waals surface area contributed by atoms with Gasteiger partial charge < -0.3 is 15.0 Å². The lowest BCUT2D eigenvalue weighted by Crippen LogP contribution is -2.53. The van der Waals surface area contributed by atoms with Crippen LogP contribution in [0.15, 0.2) is 0 Å². The quantitative estimate of drug-likeness (QED) is 0.693. The fourth-order valence-corrected chi connectivity index (χ4v) is 4.08. The molecule has 0 radical (unpaired) electrons. The topological polar surface area (TPSA) is 96.3 Å². The van der Waals surface area contributed by atoms with Crippen LogP contribution in [0.2, 0.25) is 0 Å². The zero-order valence-electron chi connectivity index (χ0n) is 9.13. The first-order chi connectivity index (χ1) is 7.56. The van der Waals surface area contributed by atoms with E-state index < -0.39 is 15.8 Å². The lowest BCUT2D eigenvalue weighted by atomic mass is 9.84. The Kier molecular flexibility index (Phi) is 3.05. The molecule has 6 atom stereocenters. The molecule has 90 valence electrons. The van der Waals surface area contributed by atoms with Gasteiger partial charge in [-0.3, -0.25) is 0 Å². The molecule has 0 saturated heterocycles. The van der Waals surface area contributed by atoms with Gasteiger partial charge in [-0.05, 0) is 25.7 Å². The maximum absolute atomic E-state index is 11.4. The van der Waals surface area contributed by atoms with Crippen molar-refractivity contribution in [2.24, 2.45) is 17.6 Å². The fourth-order valence-electron chi connectivity index (χ4n) is 3.16. The molecule has 2 bridgehead atoms. The smallest absolute Gasteiger partial charge is 0.174 e. The van der Waals surface area contributed by atoms with E-state index in [9.17, 15) is 14.0 Å². The first kappa shape index (κ1) is 12.0. The second kappa shape index (κ2) is 4.08. The van der Waals surface area contributed by atoms with Crippen LogP contribution in [0.1, 0.15) is 19.8 Å². The molecule has 6 unspecified atom stereocenters. The second-order valence-corrected chi connectivity index (χ2v) is 5.78. The van der Waals surface area contributed by atoms with E-state index in [0.29, 0.717) is 13.0 Å². The Morgan fingerprint density at radius 2 is 2.44 bits per heavy atom. The minimum Gasteiger partial charge on any atom is -0.376 e. The fraction of sp³-hybridized carbons (Fsp3) is 0.900. The number of ether oxygens (including phenoxy) is 1. The third-order valence-electron chi connectivity index (χ3n) is 3.90. The van der Waals surface area contributed by atoms with E-state index in [1.807, 2.05) is 13.0 Å². The Hall–Kier alpha value is -0.480. The number of hydrogen-bond acceptors (Lipinski definition) is 4. The normalized spacial score (nSPS) is 47.9. The summed E-state index contributed by atoms with van der Waals surface area (Å²) in [4.78, 5) is 0. The molecule has 0 amide bonds. The van der Waals surface area contributed by atoms with Crippen LogP contribution in [-0.2, 0) is 15.8 Å². The van der Waals surface area contributed by atoms with Gasteiger partial charge in [0.2, 0.25) is 0 Å². The summed E-state index contributed by atoms with van der Waals surface area (Å²) in [5, 5.41) is 9.18. The first-order valence-corrected chi connectivity index (χ1v) is 6.57. The second-order valence-electron chi connectivity index (χ2n) is 4.55. The van der Waals surface area contributed by atoms with E-state index in [1.54, 1.807) is 0 Å². The van der Waals surface area contributed by atoms with Gasteiger partial charge in [-0.1, -0.05) is 0 Å². The molecular weight excluding hydrogens is 228 g/mol. The lowest BCUT2D eigenvalue weighted by Gasteiger charge is -2.36. The van der Waals surface area contributed by atoms with Crippen molar-refractivity contribution < 1.29 is 13.5 Å². The standard InChI is InChI=1S/C10H16N2O3S/c1-2-15-9-7-3-6(8(9)12)4-10(7,5-11)16(13)14/h6-9H,2-4,12H2,1H3,(H,13,14). The highest BCUT2D eigenvalue weighted by Gasteiger charge is 2.63. The number of nitriles is 1. The molecule has 0 heterocycles. The van der Waals surface area contributed by atoms with E-state index in [0.717, 1.165) is 6.42 Å². The Morgan fingerprint density at radius 1 is 1.75 bits per heavy atom. The molecule has 2 aliphatic rings. The van der Waals surface area contributed by atoms with E-state index in [2.05, 4.69) is 0 Å². The van der Waals surface area contributed by atoms with Crippen molar-refractivity contribution in [1.82, 2.24) is 0 Å². The minimum atomic E-state index is -2.13.